The van der Waals surface area contributed by atoms with Crippen molar-refractivity contribution in [2.24, 2.45) is 5.10 Å². The second-order valence-corrected chi connectivity index (χ2v) is 7.10. The molecule has 1 N–H and O–H groups in total. The molecule has 5 nitrogen and oxygen atoms in total. The van der Waals surface area contributed by atoms with Gasteiger partial charge in [0.05, 0.1) is 6.21 Å². The maximum absolute atomic E-state index is 11.7. The molecule has 132 valence electrons. The fourth-order valence-electron chi connectivity index (χ4n) is 1.97. The summed E-state index contributed by atoms with van der Waals surface area (Å²) in [6.45, 7) is -0.124. The van der Waals surface area contributed by atoms with Gasteiger partial charge < -0.3 is 9.15 Å². The van der Waals surface area contributed by atoms with Crippen LogP contribution in [-0.2, 0) is 4.79 Å². The zero-order valence-corrected chi connectivity index (χ0v) is 16.0. The van der Waals surface area contributed by atoms with Gasteiger partial charge in [-0.3, -0.25) is 4.79 Å². The number of nitrogens with zero attached hydrogens (tertiary/aromatic N) is 1. The van der Waals surface area contributed by atoms with Gasteiger partial charge in [0.25, 0.3) is 5.91 Å². The predicted octanol–water partition coefficient (Wildman–Crippen LogP) is 4.72. The largest absolute Gasteiger partial charge is 0.484 e. The molecule has 0 atom stereocenters. The summed E-state index contributed by atoms with van der Waals surface area (Å²) in [4.78, 5) is 12.8. The highest BCUT2D eigenvalue weighted by atomic mass is 79.9. The van der Waals surface area contributed by atoms with Crippen LogP contribution in [0.5, 0.6) is 5.75 Å². The van der Waals surface area contributed by atoms with Crippen LogP contribution in [0.3, 0.4) is 0 Å². The van der Waals surface area contributed by atoms with Crippen molar-refractivity contribution in [3.05, 3.63) is 77.0 Å². The van der Waals surface area contributed by atoms with Gasteiger partial charge in [-0.2, -0.15) is 5.10 Å². The molecule has 0 radical (unpaired) electrons. The molecule has 0 aliphatic heterocycles. The fraction of sp³-hybridized carbons (Fsp3) is 0.0526. The first-order valence-corrected chi connectivity index (χ1v) is 9.33. The maximum atomic E-state index is 11.7. The van der Waals surface area contributed by atoms with Crippen LogP contribution >= 0.6 is 27.7 Å². The number of hydrogen-bond acceptors (Lipinski definition) is 5. The van der Waals surface area contributed by atoms with Gasteiger partial charge in [0, 0.05) is 9.37 Å². The molecule has 7 heteroatoms. The van der Waals surface area contributed by atoms with Crippen molar-refractivity contribution < 1.29 is 13.9 Å². The van der Waals surface area contributed by atoms with E-state index in [1.165, 1.54) is 18.0 Å². The van der Waals surface area contributed by atoms with Gasteiger partial charge >= 0.3 is 0 Å². The first kappa shape index (κ1) is 18.3. The Morgan fingerprint density at radius 1 is 1.15 bits per heavy atom. The molecule has 1 aromatic heterocycles. The predicted molar refractivity (Wildman–Crippen MR) is 105 cm³/mol. The monoisotopic (exact) mass is 430 g/mol. The molecule has 1 amide bonds. The van der Waals surface area contributed by atoms with Crippen molar-refractivity contribution >= 4 is 39.8 Å². The molecule has 2 aromatic carbocycles. The minimum atomic E-state index is -0.355. The van der Waals surface area contributed by atoms with Crippen LogP contribution in [0.25, 0.3) is 0 Å². The molecule has 0 aliphatic carbocycles. The zero-order valence-electron chi connectivity index (χ0n) is 13.6. The third-order valence-corrected chi connectivity index (χ3v) is 4.53. The van der Waals surface area contributed by atoms with Gasteiger partial charge in [0.15, 0.2) is 11.7 Å². The highest BCUT2D eigenvalue weighted by Gasteiger charge is 2.04. The molecular formula is C19H15BrN2O3S. The van der Waals surface area contributed by atoms with Gasteiger partial charge in [-0.1, -0.05) is 52.0 Å². The molecule has 3 aromatic rings. The van der Waals surface area contributed by atoms with E-state index in [4.69, 9.17) is 9.15 Å². The van der Waals surface area contributed by atoms with Crippen molar-refractivity contribution in [2.45, 2.75) is 9.99 Å². The number of hydrogen-bond donors (Lipinski definition) is 1. The van der Waals surface area contributed by atoms with Crippen molar-refractivity contribution in [1.82, 2.24) is 5.43 Å². The number of furan rings is 1. The van der Waals surface area contributed by atoms with Crippen molar-refractivity contribution in [3.63, 3.8) is 0 Å². The normalized spacial score (nSPS) is 10.8. The Hall–Kier alpha value is -2.51. The smallest absolute Gasteiger partial charge is 0.277 e. The van der Waals surface area contributed by atoms with Crippen LogP contribution < -0.4 is 10.2 Å². The van der Waals surface area contributed by atoms with Crippen LogP contribution in [0.4, 0.5) is 0 Å². The minimum absolute atomic E-state index is 0.124. The Morgan fingerprint density at radius 3 is 2.81 bits per heavy atom. The molecule has 0 bridgehead atoms. The summed E-state index contributed by atoms with van der Waals surface area (Å²) >= 11 is 4.86. The second kappa shape index (κ2) is 9.26. The van der Waals surface area contributed by atoms with E-state index < -0.39 is 0 Å². The number of ether oxygens (including phenoxy) is 1. The summed E-state index contributed by atoms with van der Waals surface area (Å²) in [5, 5.41) is 4.63. The number of rotatable bonds is 7. The van der Waals surface area contributed by atoms with Crippen molar-refractivity contribution in [3.8, 4) is 5.75 Å². The highest BCUT2D eigenvalue weighted by molar-refractivity contribution is 9.10. The van der Waals surface area contributed by atoms with E-state index in [1.807, 2.05) is 48.5 Å². The molecular weight excluding hydrogens is 416 g/mol. The molecule has 0 saturated heterocycles. The number of carbonyl (C=O) groups excluding carboxylic acids is 1. The van der Waals surface area contributed by atoms with Crippen LogP contribution in [0.1, 0.15) is 5.76 Å². The van der Waals surface area contributed by atoms with Crippen LogP contribution in [0.2, 0.25) is 0 Å². The van der Waals surface area contributed by atoms with E-state index in [1.54, 1.807) is 18.2 Å². The summed E-state index contributed by atoms with van der Waals surface area (Å²) in [5.41, 5.74) is 2.40. The molecule has 0 saturated carbocycles. The minimum Gasteiger partial charge on any atom is -0.484 e. The standard InChI is InChI=1S/C19H15BrN2O3S/c20-14-5-4-6-15(11-14)24-13-18(23)22-21-12-16-9-10-19(25-16)26-17-7-2-1-3-8-17/h1-12H,13H2,(H,22,23)/b21-12+. The Balaban J connectivity index is 1.45. The summed E-state index contributed by atoms with van der Waals surface area (Å²) < 4.78 is 11.9. The maximum Gasteiger partial charge on any atom is 0.277 e. The number of amides is 1. The molecule has 26 heavy (non-hydrogen) atoms. The van der Waals surface area contributed by atoms with E-state index in [0.717, 1.165) is 14.5 Å². The highest BCUT2D eigenvalue weighted by Crippen LogP contribution is 2.28. The summed E-state index contributed by atoms with van der Waals surface area (Å²) in [7, 11) is 0. The first-order valence-electron chi connectivity index (χ1n) is 7.72. The topological polar surface area (TPSA) is 63.8 Å². The third kappa shape index (κ3) is 5.79. The van der Waals surface area contributed by atoms with Gasteiger partial charge in [0.1, 0.15) is 11.5 Å². The van der Waals surface area contributed by atoms with Gasteiger partial charge in [-0.25, -0.2) is 5.43 Å². The average molecular weight is 431 g/mol. The molecule has 1 heterocycles. The third-order valence-electron chi connectivity index (χ3n) is 3.11. The van der Waals surface area contributed by atoms with E-state index >= 15 is 0 Å². The van der Waals surface area contributed by atoms with Crippen molar-refractivity contribution in [2.75, 3.05) is 6.61 Å². The number of nitrogens with one attached hydrogen (secondary N) is 1. The van der Waals surface area contributed by atoms with E-state index in [0.29, 0.717) is 11.5 Å². The quantitative estimate of drug-likeness (QED) is 0.434. The Morgan fingerprint density at radius 2 is 2.00 bits per heavy atom. The second-order valence-electron chi connectivity index (χ2n) is 5.11. The Kier molecular flexibility index (Phi) is 6.51. The molecule has 0 fully saturated rings. The number of carbonyl (C=O) groups is 1. The summed E-state index contributed by atoms with van der Waals surface area (Å²) in [6.07, 6.45) is 1.45. The lowest BCUT2D eigenvalue weighted by molar-refractivity contribution is -0.123. The van der Waals surface area contributed by atoms with E-state index in [-0.39, 0.29) is 12.5 Å². The summed E-state index contributed by atoms with van der Waals surface area (Å²) in [5.74, 6) is 0.801. The number of halogens is 1. The lowest BCUT2D eigenvalue weighted by atomic mass is 10.3. The first-order chi connectivity index (χ1) is 12.7. The SMILES string of the molecule is O=C(COc1cccc(Br)c1)N/N=C/c1ccc(Sc2ccccc2)o1. The number of hydrazone groups is 1. The van der Waals surface area contributed by atoms with Crippen LogP contribution in [-0.4, -0.2) is 18.7 Å². The van der Waals surface area contributed by atoms with Gasteiger partial charge in [-0.15, -0.1) is 0 Å². The van der Waals surface area contributed by atoms with E-state index in [9.17, 15) is 4.79 Å². The van der Waals surface area contributed by atoms with Crippen LogP contribution in [0, 0.1) is 0 Å². The molecule has 0 unspecified atom stereocenters. The van der Waals surface area contributed by atoms with Crippen molar-refractivity contribution in [1.29, 1.82) is 0 Å². The number of benzene rings is 2. The Labute approximate surface area is 163 Å². The van der Waals surface area contributed by atoms with Crippen LogP contribution in [0.15, 0.2) is 90.7 Å². The fourth-order valence-corrected chi connectivity index (χ4v) is 3.15. The molecule has 0 aliphatic rings. The molecule has 3 rings (SSSR count). The molecule has 0 spiro atoms. The summed E-state index contributed by atoms with van der Waals surface area (Å²) in [6, 6.07) is 20.8. The Bertz CT molecular complexity index is 897. The zero-order chi connectivity index (χ0) is 18.2. The van der Waals surface area contributed by atoms with Gasteiger partial charge in [-0.05, 0) is 42.5 Å². The lowest BCUT2D eigenvalue weighted by Crippen LogP contribution is -2.24. The van der Waals surface area contributed by atoms with Gasteiger partial charge in [0.2, 0.25) is 0 Å². The lowest BCUT2D eigenvalue weighted by Gasteiger charge is -2.04. The average Bonchev–Trinajstić information content (AvgIpc) is 3.08. The van der Waals surface area contributed by atoms with E-state index in [2.05, 4.69) is 26.5 Å².